The maximum atomic E-state index is 13.1. The summed E-state index contributed by atoms with van der Waals surface area (Å²) >= 11 is 0. The number of nitrogens with one attached hydrogen (secondary N) is 1. The Hall–Kier alpha value is -2.63. The summed E-state index contributed by atoms with van der Waals surface area (Å²) in [5.41, 5.74) is 1.88. The molecular formula is C17H17FN2O3. The second-order valence-corrected chi connectivity index (χ2v) is 5.92. The third-order valence-electron chi connectivity index (χ3n) is 4.35. The lowest BCUT2D eigenvalue weighted by molar-refractivity contribution is -0.142. The monoisotopic (exact) mass is 316 g/mol. The Kier molecular flexibility index (Phi) is 3.90. The average Bonchev–Trinajstić information content (AvgIpc) is 3.14. The molecule has 120 valence electrons. The molecule has 1 aromatic heterocycles. The number of halogens is 1. The molecule has 2 N–H and O–H groups in total. The topological polar surface area (TPSA) is 73.4 Å². The fraction of sp³-hybridized carbons (Fsp3) is 0.294. The summed E-state index contributed by atoms with van der Waals surface area (Å²) in [6, 6.07) is 5.91. The summed E-state index contributed by atoms with van der Waals surface area (Å²) < 4.78 is 13.1. The molecule has 1 amide bonds. The number of carbonyl (C=O) groups is 2. The van der Waals surface area contributed by atoms with Crippen LogP contribution < -0.4 is 0 Å². The van der Waals surface area contributed by atoms with Gasteiger partial charge in [-0.2, -0.15) is 0 Å². The first-order chi connectivity index (χ1) is 11.0. The second kappa shape index (κ2) is 5.87. The molecule has 0 radical (unpaired) electrons. The molecule has 2 aromatic rings. The number of aliphatic carboxylic acids is 1. The zero-order valence-electron chi connectivity index (χ0n) is 12.6. The van der Waals surface area contributed by atoms with Crippen molar-refractivity contribution in [2.24, 2.45) is 11.8 Å². The van der Waals surface area contributed by atoms with Crippen molar-refractivity contribution in [3.63, 3.8) is 0 Å². The number of aromatic amines is 1. The lowest BCUT2D eigenvalue weighted by Crippen LogP contribution is -2.30. The Balaban J connectivity index is 1.86. The van der Waals surface area contributed by atoms with Gasteiger partial charge in [0.2, 0.25) is 0 Å². The van der Waals surface area contributed by atoms with Gasteiger partial charge in [0.15, 0.2) is 0 Å². The van der Waals surface area contributed by atoms with Crippen LogP contribution in [-0.4, -0.2) is 40.0 Å². The molecule has 0 saturated carbocycles. The van der Waals surface area contributed by atoms with E-state index >= 15 is 0 Å². The van der Waals surface area contributed by atoms with Crippen LogP contribution in [0.1, 0.15) is 17.3 Å². The number of hydrogen-bond acceptors (Lipinski definition) is 2. The summed E-state index contributed by atoms with van der Waals surface area (Å²) in [4.78, 5) is 28.4. The van der Waals surface area contributed by atoms with E-state index in [9.17, 15) is 19.1 Å². The Morgan fingerprint density at radius 2 is 1.91 bits per heavy atom. The normalized spacial score (nSPS) is 20.7. The third-order valence-corrected chi connectivity index (χ3v) is 4.35. The van der Waals surface area contributed by atoms with Crippen LogP contribution in [-0.2, 0) is 4.79 Å². The quantitative estimate of drug-likeness (QED) is 0.914. The van der Waals surface area contributed by atoms with Gasteiger partial charge in [-0.3, -0.25) is 9.59 Å². The van der Waals surface area contributed by atoms with Gasteiger partial charge in [0.25, 0.3) is 5.91 Å². The molecule has 0 unspecified atom stereocenters. The number of carboxylic acids is 1. The van der Waals surface area contributed by atoms with Crippen LogP contribution in [0.3, 0.4) is 0 Å². The summed E-state index contributed by atoms with van der Waals surface area (Å²) in [5, 5.41) is 9.19. The molecule has 2 heterocycles. The largest absolute Gasteiger partial charge is 0.481 e. The number of likely N-dealkylation sites (tertiary alicyclic amines) is 1. The minimum absolute atomic E-state index is 0.0790. The van der Waals surface area contributed by atoms with Gasteiger partial charge in [-0.1, -0.05) is 19.1 Å². The van der Waals surface area contributed by atoms with Crippen molar-refractivity contribution in [1.82, 2.24) is 9.88 Å². The van der Waals surface area contributed by atoms with Gasteiger partial charge in [-0.05, 0) is 23.6 Å². The molecule has 1 fully saturated rings. The van der Waals surface area contributed by atoms with Crippen LogP contribution in [0.25, 0.3) is 11.1 Å². The molecule has 2 atom stereocenters. The zero-order valence-corrected chi connectivity index (χ0v) is 12.6. The fourth-order valence-corrected chi connectivity index (χ4v) is 3.03. The first-order valence-electron chi connectivity index (χ1n) is 7.42. The molecule has 6 heteroatoms. The van der Waals surface area contributed by atoms with Gasteiger partial charge in [-0.25, -0.2) is 4.39 Å². The van der Waals surface area contributed by atoms with E-state index in [2.05, 4.69) is 4.98 Å². The van der Waals surface area contributed by atoms with Gasteiger partial charge < -0.3 is 15.0 Å². The Labute approximate surface area is 132 Å². The van der Waals surface area contributed by atoms with E-state index in [0.29, 0.717) is 17.7 Å². The number of rotatable bonds is 3. The van der Waals surface area contributed by atoms with Gasteiger partial charge in [0, 0.05) is 31.0 Å². The fourth-order valence-electron chi connectivity index (χ4n) is 3.03. The van der Waals surface area contributed by atoms with Crippen molar-refractivity contribution in [1.29, 1.82) is 0 Å². The van der Waals surface area contributed by atoms with Crippen LogP contribution in [0.4, 0.5) is 4.39 Å². The molecular weight excluding hydrogens is 299 g/mol. The minimum Gasteiger partial charge on any atom is -0.481 e. The lowest BCUT2D eigenvalue weighted by Gasteiger charge is -2.16. The smallest absolute Gasteiger partial charge is 0.308 e. The van der Waals surface area contributed by atoms with E-state index in [1.807, 2.05) is 6.92 Å². The summed E-state index contributed by atoms with van der Waals surface area (Å²) in [7, 11) is 0. The first-order valence-corrected chi connectivity index (χ1v) is 7.42. The molecule has 0 bridgehead atoms. The number of amides is 1. The molecule has 1 aliphatic heterocycles. The van der Waals surface area contributed by atoms with Crippen LogP contribution >= 0.6 is 0 Å². The summed E-state index contributed by atoms with van der Waals surface area (Å²) in [5.74, 6) is -2.03. The van der Waals surface area contributed by atoms with Crippen molar-refractivity contribution in [3.8, 4) is 11.1 Å². The number of aromatic nitrogens is 1. The predicted octanol–water partition coefficient (Wildman–Crippen LogP) is 2.61. The molecule has 1 aliphatic rings. The van der Waals surface area contributed by atoms with Crippen LogP contribution in [0, 0.1) is 17.7 Å². The number of H-pyrrole nitrogens is 1. The molecule has 5 nitrogen and oxygen atoms in total. The average molecular weight is 316 g/mol. The van der Waals surface area contributed by atoms with Gasteiger partial charge in [-0.15, -0.1) is 0 Å². The minimum atomic E-state index is -0.874. The van der Waals surface area contributed by atoms with E-state index < -0.39 is 11.9 Å². The van der Waals surface area contributed by atoms with Crippen molar-refractivity contribution in [2.45, 2.75) is 6.92 Å². The van der Waals surface area contributed by atoms with Crippen molar-refractivity contribution in [2.75, 3.05) is 13.1 Å². The highest BCUT2D eigenvalue weighted by atomic mass is 19.1. The van der Waals surface area contributed by atoms with Gasteiger partial charge in [0.1, 0.15) is 5.82 Å². The van der Waals surface area contributed by atoms with E-state index in [0.717, 1.165) is 5.56 Å². The maximum Gasteiger partial charge on any atom is 0.308 e. The Morgan fingerprint density at radius 3 is 2.52 bits per heavy atom. The van der Waals surface area contributed by atoms with Gasteiger partial charge in [0.05, 0.1) is 11.5 Å². The third kappa shape index (κ3) is 2.84. The number of benzene rings is 1. The molecule has 1 saturated heterocycles. The molecule has 23 heavy (non-hydrogen) atoms. The highest BCUT2D eigenvalue weighted by Crippen LogP contribution is 2.29. The Bertz CT molecular complexity index is 739. The van der Waals surface area contributed by atoms with Crippen LogP contribution in [0.2, 0.25) is 0 Å². The highest BCUT2D eigenvalue weighted by Gasteiger charge is 2.37. The molecule has 0 aliphatic carbocycles. The number of carbonyl (C=O) groups excluding carboxylic acids is 1. The van der Waals surface area contributed by atoms with E-state index in [1.54, 1.807) is 29.4 Å². The first kappa shape index (κ1) is 15.3. The van der Waals surface area contributed by atoms with E-state index in [-0.39, 0.29) is 24.2 Å². The SMILES string of the molecule is C[C@@H]1CN(C(=O)c2c[nH]cc2-c2ccc(F)cc2)C[C@H]1C(=O)O. The summed E-state index contributed by atoms with van der Waals surface area (Å²) in [6.07, 6.45) is 3.29. The number of nitrogens with zero attached hydrogens (tertiary/aromatic N) is 1. The number of hydrogen-bond donors (Lipinski definition) is 2. The zero-order chi connectivity index (χ0) is 16.6. The molecule has 0 spiro atoms. The number of carboxylic acid groups (broad SMARTS) is 1. The maximum absolute atomic E-state index is 13.1. The van der Waals surface area contributed by atoms with Gasteiger partial charge >= 0.3 is 5.97 Å². The van der Waals surface area contributed by atoms with Crippen molar-refractivity contribution < 1.29 is 19.1 Å². The highest BCUT2D eigenvalue weighted by molar-refractivity contribution is 6.01. The summed E-state index contributed by atoms with van der Waals surface area (Å²) in [6.45, 7) is 2.47. The van der Waals surface area contributed by atoms with Crippen LogP contribution in [0.5, 0.6) is 0 Å². The second-order valence-electron chi connectivity index (χ2n) is 5.92. The molecule has 1 aromatic carbocycles. The van der Waals surface area contributed by atoms with Crippen LogP contribution in [0.15, 0.2) is 36.7 Å². The predicted molar refractivity (Wildman–Crippen MR) is 82.4 cm³/mol. The van der Waals surface area contributed by atoms with E-state index in [4.69, 9.17) is 0 Å². The lowest BCUT2D eigenvalue weighted by atomic mass is 9.99. The van der Waals surface area contributed by atoms with E-state index in [1.165, 1.54) is 12.1 Å². The van der Waals surface area contributed by atoms with Crippen molar-refractivity contribution >= 4 is 11.9 Å². The Morgan fingerprint density at radius 1 is 1.22 bits per heavy atom. The van der Waals surface area contributed by atoms with Crippen molar-refractivity contribution in [3.05, 3.63) is 48.0 Å². The molecule has 3 rings (SSSR count). The standard InChI is InChI=1S/C17H17FN2O3/c1-10-8-20(9-15(10)17(22)23)16(21)14-7-19-6-13(14)11-2-4-12(18)5-3-11/h2-7,10,15,19H,8-9H2,1H3,(H,22,23)/t10-,15-/m1/s1.